The maximum absolute atomic E-state index is 12.2. The van der Waals surface area contributed by atoms with Gasteiger partial charge < -0.3 is 16.0 Å². The Morgan fingerprint density at radius 1 is 0.788 bits per heavy atom. The number of nitrogens with zero attached hydrogens (tertiary/aromatic N) is 2. The third-order valence-electron chi connectivity index (χ3n) is 4.35. The van der Waals surface area contributed by atoms with Crippen LogP contribution in [0.5, 0.6) is 0 Å². The van der Waals surface area contributed by atoms with Gasteiger partial charge >= 0.3 is 11.8 Å². The maximum Gasteiger partial charge on any atom is 0.313 e. The number of hydrogen-bond acceptors (Lipinski definition) is 6. The third kappa shape index (κ3) is 7.21. The van der Waals surface area contributed by atoms with E-state index in [1.54, 1.807) is 54.9 Å². The molecule has 0 unspecified atom stereocenters. The summed E-state index contributed by atoms with van der Waals surface area (Å²) in [6, 6.07) is 14.8. The maximum atomic E-state index is 12.2. The van der Waals surface area contributed by atoms with Crippen molar-refractivity contribution < 1.29 is 19.2 Å². The van der Waals surface area contributed by atoms with Gasteiger partial charge in [0.25, 0.3) is 5.91 Å². The minimum atomic E-state index is -0.859. The summed E-state index contributed by atoms with van der Waals surface area (Å²) in [5, 5.41) is 7.49. The number of nitrogens with one attached hydrogen (secondary N) is 3. The van der Waals surface area contributed by atoms with Crippen LogP contribution in [-0.2, 0) is 9.59 Å². The molecule has 1 aromatic carbocycles. The standard InChI is InChI=1S/C24H21N5O4/c30-21(11-10-19-5-1-2-13-26-19)17-6-8-20(9-7-17)29-24(33)23(32)28-15-14-27-22(31)18-4-3-12-25-16-18/h1-13,16H,14-15H2,(H,27,31)(H,28,32)(H,29,33). The van der Waals surface area contributed by atoms with E-state index >= 15 is 0 Å². The van der Waals surface area contributed by atoms with E-state index in [0.29, 0.717) is 22.5 Å². The molecule has 0 spiro atoms. The number of anilines is 1. The van der Waals surface area contributed by atoms with Crippen molar-refractivity contribution in [2.24, 2.45) is 0 Å². The van der Waals surface area contributed by atoms with Crippen molar-refractivity contribution in [3.05, 3.63) is 96.1 Å². The zero-order valence-corrected chi connectivity index (χ0v) is 17.5. The molecule has 2 heterocycles. The normalized spacial score (nSPS) is 10.4. The molecule has 9 nitrogen and oxygen atoms in total. The lowest BCUT2D eigenvalue weighted by molar-refractivity contribution is -0.136. The Bertz CT molecular complexity index is 1150. The summed E-state index contributed by atoms with van der Waals surface area (Å²) in [6.45, 7) is 0.226. The van der Waals surface area contributed by atoms with Crippen molar-refractivity contribution in [1.29, 1.82) is 0 Å². The summed E-state index contributed by atoms with van der Waals surface area (Å²) < 4.78 is 0. The summed E-state index contributed by atoms with van der Waals surface area (Å²) >= 11 is 0. The monoisotopic (exact) mass is 443 g/mol. The Morgan fingerprint density at radius 2 is 1.58 bits per heavy atom. The smallest absolute Gasteiger partial charge is 0.313 e. The predicted molar refractivity (Wildman–Crippen MR) is 122 cm³/mol. The summed E-state index contributed by atoms with van der Waals surface area (Å²) in [4.78, 5) is 56.1. The second kappa shape index (κ2) is 11.7. The number of pyridine rings is 2. The Labute approximate surface area is 190 Å². The second-order valence-corrected chi connectivity index (χ2v) is 6.74. The molecule has 0 aliphatic heterocycles. The summed E-state index contributed by atoms with van der Waals surface area (Å²) in [6.07, 6.45) is 7.65. The van der Waals surface area contributed by atoms with Crippen LogP contribution in [0.25, 0.3) is 6.08 Å². The largest absolute Gasteiger partial charge is 0.350 e. The molecule has 9 heteroatoms. The molecule has 0 atom stereocenters. The highest BCUT2D eigenvalue weighted by Gasteiger charge is 2.13. The highest BCUT2D eigenvalue weighted by Crippen LogP contribution is 2.11. The highest BCUT2D eigenvalue weighted by atomic mass is 16.2. The second-order valence-electron chi connectivity index (χ2n) is 6.74. The summed E-state index contributed by atoms with van der Waals surface area (Å²) in [5.74, 6) is -2.25. The Kier molecular flexibility index (Phi) is 8.13. The number of allylic oxidation sites excluding steroid dienone is 1. The first-order valence-corrected chi connectivity index (χ1v) is 10.0. The molecule has 3 amide bonds. The van der Waals surface area contributed by atoms with Gasteiger partial charge in [0.05, 0.1) is 11.3 Å². The molecule has 3 rings (SSSR count). The van der Waals surface area contributed by atoms with Crippen molar-refractivity contribution in [3.63, 3.8) is 0 Å². The first-order valence-electron chi connectivity index (χ1n) is 10.0. The minimum absolute atomic E-state index is 0.0777. The lowest BCUT2D eigenvalue weighted by Crippen LogP contribution is -2.40. The van der Waals surface area contributed by atoms with E-state index in [-0.39, 0.29) is 24.8 Å². The van der Waals surface area contributed by atoms with Crippen LogP contribution in [-0.4, -0.2) is 46.6 Å². The van der Waals surface area contributed by atoms with Gasteiger partial charge in [-0.15, -0.1) is 0 Å². The molecule has 33 heavy (non-hydrogen) atoms. The van der Waals surface area contributed by atoms with Gasteiger partial charge in [-0.3, -0.25) is 29.1 Å². The number of aromatic nitrogens is 2. The van der Waals surface area contributed by atoms with E-state index in [1.807, 2.05) is 6.07 Å². The van der Waals surface area contributed by atoms with Crippen LogP contribution in [0.3, 0.4) is 0 Å². The Morgan fingerprint density at radius 3 is 2.27 bits per heavy atom. The fourth-order valence-electron chi connectivity index (χ4n) is 2.67. The van der Waals surface area contributed by atoms with Crippen LogP contribution < -0.4 is 16.0 Å². The highest BCUT2D eigenvalue weighted by molar-refractivity contribution is 6.39. The molecule has 0 saturated carbocycles. The van der Waals surface area contributed by atoms with E-state index in [4.69, 9.17) is 0 Å². The third-order valence-corrected chi connectivity index (χ3v) is 4.35. The lowest BCUT2D eigenvalue weighted by Gasteiger charge is -2.08. The topological polar surface area (TPSA) is 130 Å². The SMILES string of the molecule is O=C(NCCNC(=O)c1cccnc1)C(=O)Nc1ccc(C(=O)C=Cc2ccccn2)cc1. The van der Waals surface area contributed by atoms with E-state index in [0.717, 1.165) is 0 Å². The van der Waals surface area contributed by atoms with Crippen LogP contribution >= 0.6 is 0 Å². The van der Waals surface area contributed by atoms with E-state index < -0.39 is 11.8 Å². The van der Waals surface area contributed by atoms with E-state index in [2.05, 4.69) is 25.9 Å². The molecule has 0 fully saturated rings. The van der Waals surface area contributed by atoms with Gasteiger partial charge in [-0.25, -0.2) is 0 Å². The number of rotatable bonds is 8. The first-order chi connectivity index (χ1) is 16.0. The molecule has 0 aliphatic carbocycles. The molecule has 0 aliphatic rings. The van der Waals surface area contributed by atoms with Gasteiger partial charge in [0.1, 0.15) is 0 Å². The average molecular weight is 443 g/mol. The van der Waals surface area contributed by atoms with Crippen LogP contribution in [0.2, 0.25) is 0 Å². The quantitative estimate of drug-likeness (QED) is 0.211. The van der Waals surface area contributed by atoms with Gasteiger partial charge in [-0.05, 0) is 60.7 Å². The van der Waals surface area contributed by atoms with Crippen molar-refractivity contribution in [1.82, 2.24) is 20.6 Å². The van der Waals surface area contributed by atoms with Crippen molar-refractivity contribution in [2.45, 2.75) is 0 Å². The fraction of sp³-hybridized carbons (Fsp3) is 0.0833. The van der Waals surface area contributed by atoms with Gasteiger partial charge in [0.15, 0.2) is 5.78 Å². The van der Waals surface area contributed by atoms with Gasteiger partial charge in [0, 0.05) is 42.9 Å². The molecule has 166 valence electrons. The van der Waals surface area contributed by atoms with Crippen LogP contribution in [0.1, 0.15) is 26.4 Å². The molecule has 2 aromatic heterocycles. The van der Waals surface area contributed by atoms with Crippen molar-refractivity contribution in [2.75, 3.05) is 18.4 Å². The number of amides is 3. The zero-order valence-electron chi connectivity index (χ0n) is 17.5. The molecule has 0 saturated heterocycles. The van der Waals surface area contributed by atoms with Gasteiger partial charge in [-0.2, -0.15) is 0 Å². The van der Waals surface area contributed by atoms with Crippen molar-refractivity contribution >= 4 is 35.3 Å². The molecular formula is C24H21N5O4. The van der Waals surface area contributed by atoms with Crippen LogP contribution in [0.4, 0.5) is 5.69 Å². The van der Waals surface area contributed by atoms with E-state index in [1.165, 1.54) is 24.4 Å². The van der Waals surface area contributed by atoms with Crippen LogP contribution in [0, 0.1) is 0 Å². The molecular weight excluding hydrogens is 422 g/mol. The Hall–Kier alpha value is -4.66. The number of hydrogen-bond donors (Lipinski definition) is 3. The molecule has 3 N–H and O–H groups in total. The van der Waals surface area contributed by atoms with Gasteiger partial charge in [-0.1, -0.05) is 6.07 Å². The molecule has 3 aromatic rings. The Balaban J connectivity index is 1.42. The molecule has 0 bridgehead atoms. The average Bonchev–Trinajstić information content (AvgIpc) is 2.86. The molecule has 0 radical (unpaired) electrons. The fourth-order valence-corrected chi connectivity index (χ4v) is 2.67. The minimum Gasteiger partial charge on any atom is -0.350 e. The van der Waals surface area contributed by atoms with E-state index in [9.17, 15) is 19.2 Å². The number of carbonyl (C=O) groups excluding carboxylic acids is 4. The summed E-state index contributed by atoms with van der Waals surface area (Å²) in [5.41, 5.74) is 1.85. The number of benzene rings is 1. The predicted octanol–water partition coefficient (Wildman–Crippen LogP) is 1.86. The number of carbonyl (C=O) groups is 4. The first kappa shape index (κ1) is 23.0. The zero-order chi connectivity index (χ0) is 23.5. The van der Waals surface area contributed by atoms with Crippen LogP contribution in [0.15, 0.2) is 79.3 Å². The van der Waals surface area contributed by atoms with Crippen molar-refractivity contribution in [3.8, 4) is 0 Å². The number of ketones is 1. The lowest BCUT2D eigenvalue weighted by atomic mass is 10.1. The van der Waals surface area contributed by atoms with Gasteiger partial charge in [0.2, 0.25) is 0 Å². The summed E-state index contributed by atoms with van der Waals surface area (Å²) in [7, 11) is 0.